The molecule has 110 valence electrons. The maximum atomic E-state index is 12.2. The molecule has 1 saturated heterocycles. The molecule has 0 spiro atoms. The van der Waals surface area contributed by atoms with Crippen molar-refractivity contribution in [2.24, 2.45) is 5.92 Å². The largest absolute Gasteiger partial charge is 0.360 e. The number of likely N-dealkylation sites (tertiary alicyclic amines) is 1. The van der Waals surface area contributed by atoms with Crippen LogP contribution in [0.3, 0.4) is 0 Å². The van der Waals surface area contributed by atoms with E-state index < -0.39 is 0 Å². The Kier molecular flexibility index (Phi) is 3.78. The minimum atomic E-state index is 0.312. The van der Waals surface area contributed by atoms with Gasteiger partial charge in [0.25, 0.3) is 0 Å². The number of nitrogens with zero attached hydrogens (tertiary/aromatic N) is 3. The summed E-state index contributed by atoms with van der Waals surface area (Å²) in [5.74, 6) is 1.57. The van der Waals surface area contributed by atoms with Crippen LogP contribution < -0.4 is 0 Å². The monoisotopic (exact) mass is 277 g/mol. The van der Waals surface area contributed by atoms with Crippen LogP contribution in [0, 0.1) is 12.8 Å². The molecule has 5 heteroatoms. The van der Waals surface area contributed by atoms with Crippen molar-refractivity contribution in [3.8, 4) is 0 Å². The Balaban J connectivity index is 1.56. The van der Waals surface area contributed by atoms with Crippen molar-refractivity contribution in [2.45, 2.75) is 45.2 Å². The van der Waals surface area contributed by atoms with Crippen LogP contribution in [0.5, 0.6) is 0 Å². The molecule has 1 aliphatic carbocycles. The first-order chi connectivity index (χ1) is 9.63. The lowest BCUT2D eigenvalue weighted by Crippen LogP contribution is -2.48. The van der Waals surface area contributed by atoms with E-state index in [0.717, 1.165) is 56.8 Å². The van der Waals surface area contributed by atoms with E-state index in [1.54, 1.807) is 0 Å². The first-order valence-electron chi connectivity index (χ1n) is 7.54. The summed E-state index contributed by atoms with van der Waals surface area (Å²) in [6.45, 7) is 4.74. The Hall–Kier alpha value is -1.36. The summed E-state index contributed by atoms with van der Waals surface area (Å²) in [5.41, 5.74) is 0.926. The molecule has 0 radical (unpaired) electrons. The summed E-state index contributed by atoms with van der Waals surface area (Å²) in [6, 6.07) is 2.34. The molecule has 1 amide bonds. The van der Waals surface area contributed by atoms with Crippen LogP contribution in [0.1, 0.15) is 37.1 Å². The molecule has 1 aromatic heterocycles. The van der Waals surface area contributed by atoms with Crippen LogP contribution in [0.4, 0.5) is 0 Å². The smallest absolute Gasteiger partial charge is 0.225 e. The first-order valence-corrected chi connectivity index (χ1v) is 7.54. The quantitative estimate of drug-likeness (QED) is 0.842. The van der Waals surface area contributed by atoms with E-state index >= 15 is 0 Å². The highest BCUT2D eigenvalue weighted by Crippen LogP contribution is 2.32. The third-order valence-electron chi connectivity index (χ3n) is 4.36. The normalized spacial score (nSPS) is 23.8. The Labute approximate surface area is 119 Å². The molecule has 1 saturated carbocycles. The number of aryl methyl sites for hydroxylation is 1. The minimum absolute atomic E-state index is 0.312. The molecule has 0 N–H and O–H groups in total. The van der Waals surface area contributed by atoms with Gasteiger partial charge in [-0.15, -0.1) is 0 Å². The van der Waals surface area contributed by atoms with Crippen LogP contribution in [0.15, 0.2) is 10.6 Å². The van der Waals surface area contributed by atoms with E-state index in [1.807, 2.05) is 24.9 Å². The summed E-state index contributed by atoms with van der Waals surface area (Å²) in [4.78, 5) is 16.5. The molecule has 5 nitrogen and oxygen atoms in total. The lowest BCUT2D eigenvalue weighted by Gasteiger charge is -2.37. The van der Waals surface area contributed by atoms with Crippen LogP contribution in [-0.4, -0.2) is 47.0 Å². The van der Waals surface area contributed by atoms with Crippen molar-refractivity contribution in [2.75, 3.05) is 20.1 Å². The fourth-order valence-corrected chi connectivity index (χ4v) is 3.00. The van der Waals surface area contributed by atoms with E-state index in [4.69, 9.17) is 4.52 Å². The first kappa shape index (κ1) is 13.6. The number of carbonyl (C=O) groups is 1. The van der Waals surface area contributed by atoms with Crippen molar-refractivity contribution in [1.29, 1.82) is 0 Å². The van der Waals surface area contributed by atoms with E-state index in [0.29, 0.717) is 17.9 Å². The Morgan fingerprint density at radius 1 is 1.50 bits per heavy atom. The number of hydrogen-bond acceptors (Lipinski definition) is 4. The van der Waals surface area contributed by atoms with Gasteiger partial charge in [-0.25, -0.2) is 0 Å². The van der Waals surface area contributed by atoms with E-state index in [9.17, 15) is 4.79 Å². The SMILES string of the molecule is Cc1cc(CN2CCCC(N(C)C(=O)C3CC3)C2)on1. The number of aromatic nitrogens is 1. The van der Waals surface area contributed by atoms with Crippen molar-refractivity contribution in [1.82, 2.24) is 15.0 Å². The van der Waals surface area contributed by atoms with Crippen LogP contribution in [0.2, 0.25) is 0 Å². The number of hydrogen-bond donors (Lipinski definition) is 0. The van der Waals surface area contributed by atoms with Crippen LogP contribution in [0.25, 0.3) is 0 Å². The van der Waals surface area contributed by atoms with Gasteiger partial charge in [0.2, 0.25) is 5.91 Å². The van der Waals surface area contributed by atoms with Crippen LogP contribution in [-0.2, 0) is 11.3 Å². The van der Waals surface area contributed by atoms with Crippen molar-refractivity contribution in [3.05, 3.63) is 17.5 Å². The van der Waals surface area contributed by atoms with Gasteiger partial charge in [-0.05, 0) is 39.2 Å². The lowest BCUT2D eigenvalue weighted by molar-refractivity contribution is -0.134. The summed E-state index contributed by atoms with van der Waals surface area (Å²) in [6.07, 6.45) is 4.41. The van der Waals surface area contributed by atoms with E-state index in [1.165, 1.54) is 0 Å². The number of piperidine rings is 1. The Morgan fingerprint density at radius 2 is 2.30 bits per heavy atom. The molecule has 0 aromatic carbocycles. The third-order valence-corrected chi connectivity index (χ3v) is 4.36. The highest BCUT2D eigenvalue weighted by molar-refractivity contribution is 5.81. The zero-order valence-corrected chi connectivity index (χ0v) is 12.3. The average molecular weight is 277 g/mol. The molecular formula is C15H23N3O2. The van der Waals surface area contributed by atoms with Gasteiger partial charge in [-0.3, -0.25) is 9.69 Å². The predicted octanol–water partition coefficient (Wildman–Crippen LogP) is 1.82. The number of rotatable bonds is 4. The molecule has 2 heterocycles. The van der Waals surface area contributed by atoms with E-state index in [-0.39, 0.29) is 0 Å². The van der Waals surface area contributed by atoms with Gasteiger partial charge >= 0.3 is 0 Å². The molecule has 1 aromatic rings. The van der Waals surface area contributed by atoms with Crippen molar-refractivity contribution < 1.29 is 9.32 Å². The second-order valence-electron chi connectivity index (χ2n) is 6.19. The zero-order chi connectivity index (χ0) is 14.1. The molecule has 20 heavy (non-hydrogen) atoms. The molecule has 2 aliphatic rings. The predicted molar refractivity (Wildman–Crippen MR) is 75.0 cm³/mol. The molecule has 0 bridgehead atoms. The van der Waals surface area contributed by atoms with E-state index in [2.05, 4.69) is 10.1 Å². The highest BCUT2D eigenvalue weighted by atomic mass is 16.5. The molecule has 3 rings (SSSR count). The second kappa shape index (κ2) is 5.56. The minimum Gasteiger partial charge on any atom is -0.360 e. The third kappa shape index (κ3) is 3.03. The molecule has 2 fully saturated rings. The topological polar surface area (TPSA) is 49.6 Å². The summed E-state index contributed by atoms with van der Waals surface area (Å²) in [7, 11) is 1.97. The van der Waals surface area contributed by atoms with Gasteiger partial charge in [-0.1, -0.05) is 5.16 Å². The van der Waals surface area contributed by atoms with Crippen LogP contribution >= 0.6 is 0 Å². The fourth-order valence-electron chi connectivity index (χ4n) is 3.00. The Morgan fingerprint density at radius 3 is 2.95 bits per heavy atom. The summed E-state index contributed by atoms with van der Waals surface area (Å²) in [5, 5.41) is 3.93. The number of amides is 1. The fraction of sp³-hybridized carbons (Fsp3) is 0.733. The van der Waals surface area contributed by atoms with Gasteiger partial charge in [-0.2, -0.15) is 0 Å². The standard InChI is InChI=1S/C15H23N3O2/c1-11-8-14(20-16-11)10-18-7-3-4-13(9-18)17(2)15(19)12-5-6-12/h8,12-13H,3-7,9-10H2,1-2H3. The summed E-state index contributed by atoms with van der Waals surface area (Å²) >= 11 is 0. The molecule has 1 atom stereocenters. The second-order valence-corrected chi connectivity index (χ2v) is 6.19. The molecular weight excluding hydrogens is 254 g/mol. The maximum Gasteiger partial charge on any atom is 0.225 e. The zero-order valence-electron chi connectivity index (χ0n) is 12.3. The molecule has 1 aliphatic heterocycles. The Bertz CT molecular complexity index is 481. The number of carbonyl (C=O) groups excluding carboxylic acids is 1. The lowest BCUT2D eigenvalue weighted by atomic mass is 10.0. The average Bonchev–Trinajstić information content (AvgIpc) is 3.22. The van der Waals surface area contributed by atoms with Gasteiger partial charge < -0.3 is 9.42 Å². The van der Waals surface area contributed by atoms with Gasteiger partial charge in [0.15, 0.2) is 5.76 Å². The molecule has 1 unspecified atom stereocenters. The number of likely N-dealkylation sites (N-methyl/N-ethyl adjacent to an activating group) is 1. The highest BCUT2D eigenvalue weighted by Gasteiger charge is 2.35. The van der Waals surface area contributed by atoms with Gasteiger partial charge in [0.1, 0.15) is 0 Å². The van der Waals surface area contributed by atoms with Gasteiger partial charge in [0, 0.05) is 31.6 Å². The van der Waals surface area contributed by atoms with Crippen molar-refractivity contribution in [3.63, 3.8) is 0 Å². The van der Waals surface area contributed by atoms with Gasteiger partial charge in [0.05, 0.1) is 12.2 Å². The maximum absolute atomic E-state index is 12.2. The summed E-state index contributed by atoms with van der Waals surface area (Å²) < 4.78 is 5.29. The van der Waals surface area contributed by atoms with Crippen molar-refractivity contribution >= 4 is 5.91 Å².